The molecule has 0 bridgehead atoms. The quantitative estimate of drug-likeness (QED) is 0.101. The zero-order valence-corrected chi connectivity index (χ0v) is 26.8. The number of carbonyl (C=O) groups is 2. The molecule has 0 atom stereocenters. The highest BCUT2D eigenvalue weighted by molar-refractivity contribution is 6.31. The van der Waals surface area contributed by atoms with E-state index in [9.17, 15) is 9.59 Å². The molecule has 0 spiro atoms. The topological polar surface area (TPSA) is 151 Å². The van der Waals surface area contributed by atoms with Crippen LogP contribution in [0.3, 0.4) is 0 Å². The Balaban J connectivity index is 1.02. The number of carbonyl (C=O) groups excluding carboxylic acids is 2. The normalized spacial score (nSPS) is 11.0. The van der Waals surface area contributed by atoms with Gasteiger partial charge in [-0.1, -0.05) is 47.5 Å². The number of amides is 2. The Morgan fingerprint density at radius 2 is 1.02 bits per heavy atom. The molecule has 6 aromatic rings. The fraction of sp³-hybridized carbons (Fsp3) is 0.111. The Kier molecular flexibility index (Phi) is 9.75. The van der Waals surface area contributed by atoms with Crippen molar-refractivity contribution in [2.45, 2.75) is 12.8 Å². The van der Waals surface area contributed by atoms with Crippen LogP contribution in [0.15, 0.2) is 106 Å². The van der Waals surface area contributed by atoms with Crippen molar-refractivity contribution in [3.05, 3.63) is 129 Å². The van der Waals surface area contributed by atoms with E-state index in [1.54, 1.807) is 97.1 Å². The number of anilines is 2. The van der Waals surface area contributed by atoms with E-state index >= 15 is 0 Å². The van der Waals surface area contributed by atoms with Crippen LogP contribution in [0.2, 0.25) is 10.0 Å². The Bertz CT molecular complexity index is 2120. The van der Waals surface area contributed by atoms with E-state index in [1.807, 2.05) is 0 Å². The number of hydrogen-bond acceptors (Lipinski definition) is 8. The number of fused-ring (bicyclic) bond motifs is 2. The molecule has 2 aromatic heterocycles. The lowest BCUT2D eigenvalue weighted by atomic mass is 10.1. The lowest BCUT2D eigenvalue weighted by molar-refractivity contribution is 0.101. The molecule has 0 aliphatic rings. The molecule has 48 heavy (non-hydrogen) atoms. The molecule has 0 aliphatic heterocycles. The van der Waals surface area contributed by atoms with Crippen LogP contribution in [0.5, 0.6) is 11.5 Å². The van der Waals surface area contributed by atoms with Gasteiger partial charge in [0.05, 0.1) is 24.6 Å². The molecule has 4 N–H and O–H groups in total. The monoisotopic (exact) mass is 682 g/mol. The standard InChI is InChI=1S/C36H28Cl2N4O6/c37-23-11-13-29-21(17-23)19-25(33(39)47-29)35(43)41-27-7-1-3-9-31(27)45-15-5-6-16-46-32-10-4-2-8-28(32)42-36(44)26-20-22-18-24(38)12-14-30(22)48-34(26)40/h1-4,7-14,17-20,39-40H,5-6,15-16H2,(H,41,43)(H,42,44). The highest BCUT2D eigenvalue weighted by Crippen LogP contribution is 2.27. The maximum Gasteiger partial charge on any atom is 0.261 e. The first kappa shape index (κ1) is 32.4. The van der Waals surface area contributed by atoms with E-state index in [2.05, 4.69) is 10.6 Å². The predicted molar refractivity (Wildman–Crippen MR) is 183 cm³/mol. The van der Waals surface area contributed by atoms with Crippen LogP contribution >= 0.6 is 23.2 Å². The van der Waals surface area contributed by atoms with Gasteiger partial charge in [-0.25, -0.2) is 0 Å². The van der Waals surface area contributed by atoms with Crippen molar-refractivity contribution in [1.29, 1.82) is 10.8 Å². The molecule has 0 saturated heterocycles. The van der Waals surface area contributed by atoms with Crippen LogP contribution in [0, 0.1) is 10.8 Å². The van der Waals surface area contributed by atoms with Crippen molar-refractivity contribution in [2.24, 2.45) is 0 Å². The predicted octanol–water partition coefficient (Wildman–Crippen LogP) is 8.19. The SMILES string of the molecule is N=c1oc2ccc(Cl)cc2cc1C(=O)Nc1ccccc1OCCCCOc1ccccc1NC(=O)c1cc2cc(Cl)ccc2oc1=N. The second-order valence-corrected chi connectivity index (χ2v) is 11.5. The molecular weight excluding hydrogens is 655 g/mol. The van der Waals surface area contributed by atoms with Crippen molar-refractivity contribution in [3.63, 3.8) is 0 Å². The van der Waals surface area contributed by atoms with Crippen LogP contribution in [0.1, 0.15) is 33.6 Å². The lowest BCUT2D eigenvalue weighted by Crippen LogP contribution is -2.21. The summed E-state index contributed by atoms with van der Waals surface area (Å²) in [6.07, 6.45) is 1.28. The largest absolute Gasteiger partial charge is 0.491 e. The van der Waals surface area contributed by atoms with Crippen LogP contribution < -0.4 is 31.2 Å². The number of ether oxygens (including phenoxy) is 2. The smallest absolute Gasteiger partial charge is 0.261 e. The number of benzene rings is 4. The van der Waals surface area contributed by atoms with Gasteiger partial charge in [-0.2, -0.15) is 0 Å². The summed E-state index contributed by atoms with van der Waals surface area (Å²) in [7, 11) is 0. The Hall–Kier alpha value is -5.58. The van der Waals surface area contributed by atoms with Crippen molar-refractivity contribution in [2.75, 3.05) is 23.8 Å². The zero-order chi connectivity index (χ0) is 33.6. The minimum Gasteiger partial charge on any atom is -0.491 e. The van der Waals surface area contributed by atoms with E-state index in [-0.39, 0.29) is 22.2 Å². The molecule has 242 valence electrons. The minimum atomic E-state index is -0.515. The van der Waals surface area contributed by atoms with E-state index in [0.717, 1.165) is 0 Å². The lowest BCUT2D eigenvalue weighted by Gasteiger charge is -2.14. The van der Waals surface area contributed by atoms with Gasteiger partial charge in [0.25, 0.3) is 11.8 Å². The molecule has 4 aromatic carbocycles. The highest BCUT2D eigenvalue weighted by atomic mass is 35.5. The number of para-hydroxylation sites is 4. The summed E-state index contributed by atoms with van der Waals surface area (Å²) in [5.74, 6) is -0.0782. The van der Waals surface area contributed by atoms with Gasteiger partial charge in [-0.15, -0.1) is 0 Å². The van der Waals surface area contributed by atoms with E-state index in [0.29, 0.717) is 80.9 Å². The average Bonchev–Trinajstić information content (AvgIpc) is 3.07. The molecule has 0 fully saturated rings. The minimum absolute atomic E-state index is 0.0606. The first-order chi connectivity index (χ1) is 23.2. The van der Waals surface area contributed by atoms with Crippen molar-refractivity contribution in [3.8, 4) is 11.5 Å². The van der Waals surface area contributed by atoms with Crippen molar-refractivity contribution in [1.82, 2.24) is 0 Å². The molecule has 0 unspecified atom stereocenters. The van der Waals surface area contributed by atoms with Crippen molar-refractivity contribution >= 4 is 68.3 Å². The average molecular weight is 684 g/mol. The van der Waals surface area contributed by atoms with Gasteiger partial charge < -0.3 is 28.9 Å². The summed E-state index contributed by atoms with van der Waals surface area (Å²) >= 11 is 12.2. The van der Waals surface area contributed by atoms with Crippen LogP contribution in [0.25, 0.3) is 21.9 Å². The zero-order valence-electron chi connectivity index (χ0n) is 25.3. The molecule has 2 amide bonds. The third-order valence-electron chi connectivity index (χ3n) is 7.27. The van der Waals surface area contributed by atoms with Gasteiger partial charge in [-0.05, 0) is 85.6 Å². The van der Waals surface area contributed by atoms with Gasteiger partial charge in [0.15, 0.2) is 0 Å². The maximum absolute atomic E-state index is 13.1. The highest BCUT2D eigenvalue weighted by Gasteiger charge is 2.16. The molecule has 12 heteroatoms. The number of halogens is 2. The van der Waals surface area contributed by atoms with Gasteiger partial charge in [0.1, 0.15) is 33.8 Å². The molecule has 6 rings (SSSR count). The van der Waals surface area contributed by atoms with Gasteiger partial charge in [0, 0.05) is 20.8 Å². The molecular formula is C36H28Cl2N4O6. The van der Waals surface area contributed by atoms with Crippen LogP contribution in [-0.2, 0) is 0 Å². The Labute approximate surface area is 283 Å². The molecule has 0 saturated carbocycles. The summed E-state index contributed by atoms with van der Waals surface area (Å²) in [6.45, 7) is 0.702. The van der Waals surface area contributed by atoms with Crippen LogP contribution in [0.4, 0.5) is 11.4 Å². The van der Waals surface area contributed by atoms with E-state index < -0.39 is 11.8 Å². The number of hydrogen-bond donors (Lipinski definition) is 4. The maximum atomic E-state index is 13.1. The van der Waals surface area contributed by atoms with Gasteiger partial charge in [0.2, 0.25) is 11.1 Å². The van der Waals surface area contributed by atoms with Crippen molar-refractivity contribution < 1.29 is 27.9 Å². The van der Waals surface area contributed by atoms with Gasteiger partial charge in [-0.3, -0.25) is 20.4 Å². The molecule has 2 heterocycles. The Morgan fingerprint density at radius 3 is 1.46 bits per heavy atom. The fourth-order valence-corrected chi connectivity index (χ4v) is 5.26. The molecule has 0 radical (unpaired) electrons. The van der Waals surface area contributed by atoms with E-state index in [1.165, 1.54) is 0 Å². The number of nitrogens with one attached hydrogen (secondary N) is 4. The summed E-state index contributed by atoms with van der Waals surface area (Å²) in [5, 5.41) is 24.2. The third kappa shape index (κ3) is 7.52. The second kappa shape index (κ2) is 14.5. The Morgan fingerprint density at radius 1 is 0.604 bits per heavy atom. The summed E-state index contributed by atoms with van der Waals surface area (Å²) in [6, 6.07) is 27.1. The van der Waals surface area contributed by atoms with Gasteiger partial charge >= 0.3 is 0 Å². The second-order valence-electron chi connectivity index (χ2n) is 10.6. The first-order valence-electron chi connectivity index (χ1n) is 14.9. The third-order valence-corrected chi connectivity index (χ3v) is 7.74. The molecule has 0 aliphatic carbocycles. The van der Waals surface area contributed by atoms with Crippen LogP contribution in [-0.4, -0.2) is 25.0 Å². The van der Waals surface area contributed by atoms with E-state index in [4.69, 9.17) is 52.3 Å². The molecule has 10 nitrogen and oxygen atoms in total. The summed E-state index contributed by atoms with van der Waals surface area (Å²) < 4.78 is 22.9. The first-order valence-corrected chi connectivity index (χ1v) is 15.6. The fourth-order valence-electron chi connectivity index (χ4n) is 4.90. The number of unbranched alkanes of at least 4 members (excludes halogenated alkanes) is 1. The summed E-state index contributed by atoms with van der Waals surface area (Å²) in [5.41, 5.74) is 1.39. The number of rotatable bonds is 11. The summed E-state index contributed by atoms with van der Waals surface area (Å²) in [4.78, 5) is 26.2.